The van der Waals surface area contributed by atoms with E-state index in [4.69, 9.17) is 10.8 Å². The minimum Gasteiger partial charge on any atom is -0.396 e. The minimum absolute atomic E-state index is 0.0571. The summed E-state index contributed by atoms with van der Waals surface area (Å²) in [7, 11) is 0. The van der Waals surface area contributed by atoms with Crippen molar-refractivity contribution in [3.63, 3.8) is 0 Å². The number of aliphatic hydroxyl groups excluding tert-OH is 1. The summed E-state index contributed by atoms with van der Waals surface area (Å²) in [6.07, 6.45) is 4.39. The molecule has 1 aliphatic carbocycles. The molecule has 1 amide bonds. The second-order valence-corrected chi connectivity index (χ2v) is 5.47. The molecule has 0 aromatic carbocycles. The highest BCUT2D eigenvalue weighted by Gasteiger charge is 2.28. The van der Waals surface area contributed by atoms with Crippen molar-refractivity contribution in [2.24, 2.45) is 11.7 Å². The van der Waals surface area contributed by atoms with Crippen LogP contribution in [0.2, 0.25) is 0 Å². The van der Waals surface area contributed by atoms with Crippen molar-refractivity contribution < 1.29 is 9.90 Å². The Balaban J connectivity index is 2.45. The molecule has 0 saturated heterocycles. The molecule has 1 aliphatic rings. The third-order valence-corrected chi connectivity index (χ3v) is 3.28. The monoisotopic (exact) mass is 228 g/mol. The van der Waals surface area contributed by atoms with Crippen molar-refractivity contribution in [3.8, 4) is 0 Å². The number of rotatable bonds is 4. The lowest BCUT2D eigenvalue weighted by Crippen LogP contribution is -2.48. The quantitative estimate of drug-likeness (QED) is 0.665. The van der Waals surface area contributed by atoms with Crippen molar-refractivity contribution in [1.29, 1.82) is 0 Å². The Morgan fingerprint density at radius 2 is 2.19 bits per heavy atom. The van der Waals surface area contributed by atoms with Crippen LogP contribution in [0, 0.1) is 5.92 Å². The molecule has 0 spiro atoms. The molecular weight excluding hydrogens is 204 g/mol. The van der Waals surface area contributed by atoms with Crippen molar-refractivity contribution in [1.82, 2.24) is 5.32 Å². The highest BCUT2D eigenvalue weighted by Crippen LogP contribution is 2.24. The third-order valence-electron chi connectivity index (χ3n) is 3.28. The highest BCUT2D eigenvalue weighted by molar-refractivity contribution is 5.79. The first-order valence-corrected chi connectivity index (χ1v) is 6.13. The van der Waals surface area contributed by atoms with Crippen molar-refractivity contribution >= 4 is 5.91 Å². The molecular formula is C12H24N2O2. The molecule has 0 aliphatic heterocycles. The number of nitrogens with one attached hydrogen (secondary N) is 1. The van der Waals surface area contributed by atoms with Gasteiger partial charge in [0.1, 0.15) is 0 Å². The number of hydrogen-bond acceptors (Lipinski definition) is 3. The number of carbonyl (C=O) groups is 1. The maximum atomic E-state index is 12.0. The average Bonchev–Trinajstić information content (AvgIpc) is 2.16. The highest BCUT2D eigenvalue weighted by atomic mass is 16.3. The summed E-state index contributed by atoms with van der Waals surface area (Å²) >= 11 is 0. The lowest BCUT2D eigenvalue weighted by atomic mass is 9.85. The van der Waals surface area contributed by atoms with E-state index in [1.165, 1.54) is 0 Å². The Bertz CT molecular complexity index is 241. The predicted octanol–water partition coefficient (Wildman–Crippen LogP) is 0.781. The van der Waals surface area contributed by atoms with Gasteiger partial charge in [0, 0.05) is 24.1 Å². The zero-order valence-electron chi connectivity index (χ0n) is 10.3. The maximum absolute atomic E-state index is 12.0. The molecule has 0 aromatic heterocycles. The smallest absolute Gasteiger partial charge is 0.223 e. The molecule has 0 radical (unpaired) electrons. The van der Waals surface area contributed by atoms with Gasteiger partial charge in [-0.15, -0.1) is 0 Å². The number of amides is 1. The van der Waals surface area contributed by atoms with E-state index in [-0.39, 0.29) is 30.0 Å². The van der Waals surface area contributed by atoms with Crippen molar-refractivity contribution in [2.75, 3.05) is 6.61 Å². The van der Waals surface area contributed by atoms with E-state index in [9.17, 15) is 4.79 Å². The zero-order valence-corrected chi connectivity index (χ0v) is 10.3. The van der Waals surface area contributed by atoms with Gasteiger partial charge in [0.25, 0.3) is 0 Å². The van der Waals surface area contributed by atoms with Gasteiger partial charge in [0.2, 0.25) is 5.91 Å². The van der Waals surface area contributed by atoms with Gasteiger partial charge in [-0.05, 0) is 39.5 Å². The molecule has 0 heterocycles. The molecule has 1 rings (SSSR count). The van der Waals surface area contributed by atoms with Gasteiger partial charge in [0.15, 0.2) is 0 Å². The molecule has 4 N–H and O–H groups in total. The maximum Gasteiger partial charge on any atom is 0.223 e. The van der Waals surface area contributed by atoms with Crippen LogP contribution in [0.1, 0.15) is 46.0 Å². The molecule has 16 heavy (non-hydrogen) atoms. The zero-order chi connectivity index (χ0) is 12.2. The van der Waals surface area contributed by atoms with E-state index >= 15 is 0 Å². The van der Waals surface area contributed by atoms with Gasteiger partial charge < -0.3 is 16.2 Å². The number of carbonyl (C=O) groups excluding carboxylic acids is 1. The summed E-state index contributed by atoms with van der Waals surface area (Å²) in [5, 5.41) is 11.9. The Hall–Kier alpha value is -0.610. The van der Waals surface area contributed by atoms with Gasteiger partial charge in [0.05, 0.1) is 0 Å². The normalized spacial score (nSPS) is 26.5. The average molecular weight is 228 g/mol. The standard InChI is InChI=1S/C12H24N2O2/c1-12(2,6-7-15)14-11(16)9-4-3-5-10(13)8-9/h9-10,15H,3-8,13H2,1-2H3,(H,14,16). The van der Waals surface area contributed by atoms with Crippen molar-refractivity contribution in [2.45, 2.75) is 57.5 Å². The lowest BCUT2D eigenvalue weighted by Gasteiger charge is -2.31. The minimum atomic E-state index is -0.326. The molecule has 4 heteroatoms. The van der Waals surface area contributed by atoms with Gasteiger partial charge >= 0.3 is 0 Å². The van der Waals surface area contributed by atoms with Crippen LogP contribution in [0.25, 0.3) is 0 Å². The van der Waals surface area contributed by atoms with Crippen molar-refractivity contribution in [3.05, 3.63) is 0 Å². The Labute approximate surface area is 97.6 Å². The van der Waals surface area contributed by atoms with Gasteiger partial charge in [-0.2, -0.15) is 0 Å². The van der Waals surface area contributed by atoms with Gasteiger partial charge in [-0.1, -0.05) is 6.42 Å². The molecule has 94 valence electrons. The molecule has 0 aromatic rings. The lowest BCUT2D eigenvalue weighted by molar-refractivity contribution is -0.127. The SMILES string of the molecule is CC(C)(CCO)NC(=O)C1CCCC(N)C1. The van der Waals surface area contributed by atoms with E-state index in [0.717, 1.165) is 25.7 Å². The number of aliphatic hydroxyl groups is 1. The van der Waals surface area contributed by atoms with Crippen LogP contribution in [0.15, 0.2) is 0 Å². The fraction of sp³-hybridized carbons (Fsp3) is 0.917. The summed E-state index contributed by atoms with van der Waals surface area (Å²) in [6, 6.07) is 0.172. The first kappa shape index (κ1) is 13.5. The summed E-state index contributed by atoms with van der Waals surface area (Å²) in [4.78, 5) is 12.0. The van der Waals surface area contributed by atoms with Crippen LogP contribution in [0.4, 0.5) is 0 Å². The summed E-state index contributed by atoms with van der Waals surface area (Å²) in [5.41, 5.74) is 5.54. The summed E-state index contributed by atoms with van der Waals surface area (Å²) < 4.78 is 0. The fourth-order valence-electron chi connectivity index (χ4n) is 2.24. The number of nitrogens with two attached hydrogens (primary N) is 1. The molecule has 2 unspecified atom stereocenters. The van der Waals surface area contributed by atoms with Crippen LogP contribution in [-0.4, -0.2) is 29.2 Å². The van der Waals surface area contributed by atoms with Crippen LogP contribution < -0.4 is 11.1 Å². The van der Waals surface area contributed by atoms with E-state index in [2.05, 4.69) is 5.32 Å². The van der Waals surface area contributed by atoms with Gasteiger partial charge in [-0.25, -0.2) is 0 Å². The molecule has 2 atom stereocenters. The van der Waals surface area contributed by atoms with Gasteiger partial charge in [-0.3, -0.25) is 4.79 Å². The van der Waals surface area contributed by atoms with E-state index in [1.54, 1.807) is 0 Å². The van der Waals surface area contributed by atoms with Crippen LogP contribution in [0.5, 0.6) is 0 Å². The van der Waals surface area contributed by atoms with Crippen LogP contribution >= 0.6 is 0 Å². The van der Waals surface area contributed by atoms with E-state index in [0.29, 0.717) is 6.42 Å². The first-order valence-electron chi connectivity index (χ1n) is 6.13. The largest absolute Gasteiger partial charge is 0.396 e. The molecule has 1 saturated carbocycles. The van der Waals surface area contributed by atoms with Crippen LogP contribution in [-0.2, 0) is 4.79 Å². The molecule has 0 bridgehead atoms. The second kappa shape index (κ2) is 5.64. The van der Waals surface area contributed by atoms with E-state index < -0.39 is 0 Å². The Kier molecular flexibility index (Phi) is 4.74. The third kappa shape index (κ3) is 4.10. The number of hydrogen-bond donors (Lipinski definition) is 3. The summed E-state index contributed by atoms with van der Waals surface area (Å²) in [6.45, 7) is 3.96. The Morgan fingerprint density at radius 3 is 2.75 bits per heavy atom. The topological polar surface area (TPSA) is 75.3 Å². The summed E-state index contributed by atoms with van der Waals surface area (Å²) in [5.74, 6) is 0.148. The predicted molar refractivity (Wildman–Crippen MR) is 63.9 cm³/mol. The molecule has 1 fully saturated rings. The Morgan fingerprint density at radius 1 is 1.50 bits per heavy atom. The molecule has 4 nitrogen and oxygen atoms in total. The van der Waals surface area contributed by atoms with Crippen LogP contribution in [0.3, 0.4) is 0 Å². The van der Waals surface area contributed by atoms with E-state index in [1.807, 2.05) is 13.8 Å². The second-order valence-electron chi connectivity index (χ2n) is 5.47. The fourth-order valence-corrected chi connectivity index (χ4v) is 2.24. The first-order chi connectivity index (χ1) is 7.44.